The number of rotatable bonds is 5. The largest absolute Gasteiger partial charge is 0.476 e. The van der Waals surface area contributed by atoms with Crippen molar-refractivity contribution in [3.8, 4) is 0 Å². The Labute approximate surface area is 124 Å². The van der Waals surface area contributed by atoms with Gasteiger partial charge in [-0.05, 0) is 25.7 Å². The molecular formula is C15H23N3O3. The summed E-state index contributed by atoms with van der Waals surface area (Å²) < 4.78 is 5.36. The maximum absolute atomic E-state index is 11.4. The molecule has 0 saturated carbocycles. The number of carboxylic acid groups (broad SMARTS) is 1. The Balaban J connectivity index is 2.16. The molecule has 1 unspecified atom stereocenters. The van der Waals surface area contributed by atoms with Gasteiger partial charge in [0.15, 0.2) is 5.69 Å². The summed E-state index contributed by atoms with van der Waals surface area (Å²) in [5.74, 6) is 0.105. The van der Waals surface area contributed by atoms with Crippen LogP contribution in [0.15, 0.2) is 6.20 Å². The van der Waals surface area contributed by atoms with E-state index in [1.54, 1.807) is 6.20 Å². The van der Waals surface area contributed by atoms with Gasteiger partial charge in [0.1, 0.15) is 5.82 Å². The van der Waals surface area contributed by atoms with Gasteiger partial charge in [0.2, 0.25) is 0 Å². The van der Waals surface area contributed by atoms with Crippen molar-refractivity contribution in [2.45, 2.75) is 45.6 Å². The van der Waals surface area contributed by atoms with Crippen LogP contribution in [0.1, 0.15) is 55.8 Å². The Bertz CT molecular complexity index is 499. The summed E-state index contributed by atoms with van der Waals surface area (Å²) >= 11 is 0. The first kappa shape index (κ1) is 15.7. The van der Waals surface area contributed by atoms with Crippen molar-refractivity contribution >= 4 is 11.7 Å². The second-order valence-electron chi connectivity index (χ2n) is 5.83. The summed E-state index contributed by atoms with van der Waals surface area (Å²) in [4.78, 5) is 19.8. The fraction of sp³-hybridized carbons (Fsp3) is 0.667. The molecule has 1 atom stereocenters. The number of aromatic carboxylic acids is 1. The molecule has 0 aliphatic carbocycles. The Morgan fingerprint density at radius 3 is 2.62 bits per heavy atom. The maximum Gasteiger partial charge on any atom is 0.356 e. The minimum Gasteiger partial charge on any atom is -0.476 e. The zero-order valence-corrected chi connectivity index (χ0v) is 12.8. The molecule has 116 valence electrons. The van der Waals surface area contributed by atoms with Gasteiger partial charge in [-0.25, -0.2) is 14.8 Å². The van der Waals surface area contributed by atoms with Gasteiger partial charge < -0.3 is 15.2 Å². The van der Waals surface area contributed by atoms with Crippen molar-refractivity contribution in [2.75, 3.05) is 18.5 Å². The molecule has 0 radical (unpaired) electrons. The molecule has 0 spiro atoms. The van der Waals surface area contributed by atoms with Gasteiger partial charge in [-0.15, -0.1) is 0 Å². The highest BCUT2D eigenvalue weighted by atomic mass is 16.5. The molecule has 21 heavy (non-hydrogen) atoms. The minimum atomic E-state index is -1.03. The number of nitrogens with one attached hydrogen (secondary N) is 1. The molecule has 0 bridgehead atoms. The van der Waals surface area contributed by atoms with E-state index in [0.29, 0.717) is 17.4 Å². The number of hydrogen-bond donors (Lipinski definition) is 2. The third kappa shape index (κ3) is 3.91. The number of nitrogens with zero attached hydrogens (tertiary/aromatic N) is 2. The average molecular weight is 293 g/mol. The maximum atomic E-state index is 11.4. The number of carboxylic acids is 1. The zero-order chi connectivity index (χ0) is 15.4. The SMILES string of the molecule is CC(C)c1ncc(NC(C)C2CCOCC2)c(C(=O)O)n1. The van der Waals surface area contributed by atoms with E-state index in [1.807, 2.05) is 13.8 Å². The molecule has 0 amide bonds. The van der Waals surface area contributed by atoms with Crippen LogP contribution in [0.4, 0.5) is 5.69 Å². The second kappa shape index (κ2) is 6.85. The summed E-state index contributed by atoms with van der Waals surface area (Å²) in [5, 5.41) is 12.6. The second-order valence-corrected chi connectivity index (χ2v) is 5.83. The average Bonchev–Trinajstić information content (AvgIpc) is 2.48. The molecule has 0 aromatic carbocycles. The van der Waals surface area contributed by atoms with Gasteiger partial charge in [0.25, 0.3) is 0 Å². The first-order chi connectivity index (χ1) is 9.99. The van der Waals surface area contributed by atoms with Gasteiger partial charge in [-0.1, -0.05) is 13.8 Å². The molecule has 1 saturated heterocycles. The van der Waals surface area contributed by atoms with Crippen LogP contribution in [-0.2, 0) is 4.74 Å². The summed E-state index contributed by atoms with van der Waals surface area (Å²) in [6.45, 7) is 7.49. The lowest BCUT2D eigenvalue weighted by atomic mass is 9.93. The lowest BCUT2D eigenvalue weighted by molar-refractivity contribution is 0.0620. The Kier molecular flexibility index (Phi) is 5.12. The number of aromatic nitrogens is 2. The minimum absolute atomic E-state index is 0.0487. The number of ether oxygens (including phenoxy) is 1. The molecule has 1 aliphatic heterocycles. The van der Waals surface area contributed by atoms with Crippen molar-refractivity contribution < 1.29 is 14.6 Å². The fourth-order valence-electron chi connectivity index (χ4n) is 2.52. The highest BCUT2D eigenvalue weighted by Crippen LogP contribution is 2.23. The van der Waals surface area contributed by atoms with Crippen molar-refractivity contribution in [1.29, 1.82) is 0 Å². The Morgan fingerprint density at radius 1 is 1.38 bits per heavy atom. The summed E-state index contributed by atoms with van der Waals surface area (Å²) in [7, 11) is 0. The summed E-state index contributed by atoms with van der Waals surface area (Å²) in [6.07, 6.45) is 3.56. The molecule has 1 aromatic heterocycles. The van der Waals surface area contributed by atoms with Crippen LogP contribution >= 0.6 is 0 Å². The van der Waals surface area contributed by atoms with Gasteiger partial charge in [-0.3, -0.25) is 0 Å². The molecule has 2 N–H and O–H groups in total. The van der Waals surface area contributed by atoms with Crippen molar-refractivity contribution in [1.82, 2.24) is 9.97 Å². The van der Waals surface area contributed by atoms with Gasteiger partial charge in [0.05, 0.1) is 11.9 Å². The van der Waals surface area contributed by atoms with Crippen LogP contribution in [0, 0.1) is 5.92 Å². The molecule has 2 heterocycles. The monoisotopic (exact) mass is 293 g/mol. The molecule has 1 aromatic rings. The third-order valence-corrected chi connectivity index (χ3v) is 3.88. The topological polar surface area (TPSA) is 84.3 Å². The zero-order valence-electron chi connectivity index (χ0n) is 12.8. The van der Waals surface area contributed by atoms with E-state index in [-0.39, 0.29) is 17.7 Å². The normalized spacial score (nSPS) is 17.7. The van der Waals surface area contributed by atoms with Crippen molar-refractivity contribution in [3.05, 3.63) is 17.7 Å². The molecule has 6 heteroatoms. The number of carbonyl (C=O) groups is 1. The summed E-state index contributed by atoms with van der Waals surface area (Å²) in [5.41, 5.74) is 0.540. The van der Waals surface area contributed by atoms with Gasteiger partial charge in [-0.2, -0.15) is 0 Å². The van der Waals surface area contributed by atoms with Crippen molar-refractivity contribution in [3.63, 3.8) is 0 Å². The fourth-order valence-corrected chi connectivity index (χ4v) is 2.52. The first-order valence-corrected chi connectivity index (χ1v) is 7.43. The molecule has 6 nitrogen and oxygen atoms in total. The first-order valence-electron chi connectivity index (χ1n) is 7.43. The number of anilines is 1. The van der Waals surface area contributed by atoms with Crippen LogP contribution in [-0.4, -0.2) is 40.3 Å². The van der Waals surface area contributed by atoms with E-state index in [9.17, 15) is 9.90 Å². The third-order valence-electron chi connectivity index (χ3n) is 3.88. The molecule has 2 rings (SSSR count). The Hall–Kier alpha value is -1.69. The van der Waals surface area contributed by atoms with Gasteiger partial charge >= 0.3 is 5.97 Å². The highest BCUT2D eigenvalue weighted by Gasteiger charge is 2.23. The van der Waals surface area contributed by atoms with Crippen molar-refractivity contribution in [2.24, 2.45) is 5.92 Å². The van der Waals surface area contributed by atoms with Crippen LogP contribution in [0.3, 0.4) is 0 Å². The van der Waals surface area contributed by atoms with Crippen LogP contribution in [0.2, 0.25) is 0 Å². The molecular weight excluding hydrogens is 270 g/mol. The predicted octanol–water partition coefficient (Wildman–Crippen LogP) is 2.53. The van der Waals surface area contributed by atoms with E-state index >= 15 is 0 Å². The lowest BCUT2D eigenvalue weighted by Gasteiger charge is -2.29. The van der Waals surface area contributed by atoms with Gasteiger partial charge in [0, 0.05) is 25.2 Å². The molecule has 1 aliphatic rings. The lowest BCUT2D eigenvalue weighted by Crippen LogP contribution is -2.31. The van der Waals surface area contributed by atoms with Crippen LogP contribution in [0.25, 0.3) is 0 Å². The van der Waals surface area contributed by atoms with E-state index in [0.717, 1.165) is 26.1 Å². The van der Waals surface area contributed by atoms with E-state index < -0.39 is 5.97 Å². The van der Waals surface area contributed by atoms with E-state index in [1.165, 1.54) is 0 Å². The highest BCUT2D eigenvalue weighted by molar-refractivity contribution is 5.91. The van der Waals surface area contributed by atoms with Crippen LogP contribution in [0.5, 0.6) is 0 Å². The number of hydrogen-bond acceptors (Lipinski definition) is 5. The summed E-state index contributed by atoms with van der Waals surface area (Å²) in [6, 6.07) is 0.167. The van der Waals surface area contributed by atoms with E-state index in [2.05, 4.69) is 22.2 Å². The van der Waals surface area contributed by atoms with E-state index in [4.69, 9.17) is 4.74 Å². The smallest absolute Gasteiger partial charge is 0.356 e. The predicted molar refractivity (Wildman–Crippen MR) is 79.7 cm³/mol. The van der Waals surface area contributed by atoms with Crippen LogP contribution < -0.4 is 5.32 Å². The molecule has 1 fully saturated rings. The Morgan fingerprint density at radius 2 is 2.05 bits per heavy atom. The quantitative estimate of drug-likeness (QED) is 0.868. The standard InChI is InChI=1S/C15H23N3O3/c1-9(2)14-16-8-12(13(18-14)15(19)20)17-10(3)11-4-6-21-7-5-11/h8-11,17H,4-7H2,1-3H3,(H,19,20).